The molecule has 1 aromatic carbocycles. The molecule has 1 saturated heterocycles. The lowest BCUT2D eigenvalue weighted by molar-refractivity contribution is 0.131. The van der Waals surface area contributed by atoms with E-state index in [1.807, 2.05) is 0 Å². The van der Waals surface area contributed by atoms with E-state index in [0.717, 1.165) is 12.8 Å². The molecular formula is C15H21N3O5S2. The molecule has 1 saturated carbocycles. The second kappa shape index (κ2) is 6.93. The molecule has 138 valence electrons. The Bertz CT molecular complexity index is 852. The summed E-state index contributed by atoms with van der Waals surface area (Å²) in [6.45, 7) is 0. The first kappa shape index (κ1) is 18.2. The highest BCUT2D eigenvalue weighted by molar-refractivity contribution is 7.90. The first-order chi connectivity index (χ1) is 11.7. The molecular weight excluding hydrogens is 366 g/mol. The summed E-state index contributed by atoms with van der Waals surface area (Å²) in [6, 6.07) is 7.68. The minimum Gasteiger partial charge on any atom is -0.460 e. The molecule has 0 bridgehead atoms. The molecule has 1 heterocycles. The Hall–Kier alpha value is -1.65. The van der Waals surface area contributed by atoms with Gasteiger partial charge < -0.3 is 4.74 Å². The molecule has 0 spiro atoms. The maximum absolute atomic E-state index is 12.4. The summed E-state index contributed by atoms with van der Waals surface area (Å²) in [5, 5.41) is 4.57. The van der Waals surface area contributed by atoms with Gasteiger partial charge in [-0.05, 0) is 24.8 Å². The van der Waals surface area contributed by atoms with Crippen LogP contribution < -0.4 is 9.86 Å². The number of ether oxygens (including phenoxy) is 1. The van der Waals surface area contributed by atoms with Crippen LogP contribution in [0, 0.1) is 0 Å². The maximum atomic E-state index is 12.4. The van der Waals surface area contributed by atoms with E-state index >= 15 is 0 Å². The first-order valence-corrected chi connectivity index (χ1v) is 11.3. The van der Waals surface area contributed by atoms with Gasteiger partial charge in [-0.3, -0.25) is 0 Å². The van der Waals surface area contributed by atoms with Gasteiger partial charge in [-0.15, -0.1) is 0 Å². The van der Waals surface area contributed by atoms with Gasteiger partial charge in [0.15, 0.2) is 0 Å². The minimum absolute atomic E-state index is 0.166. The highest BCUT2D eigenvalue weighted by atomic mass is 32.2. The van der Waals surface area contributed by atoms with Crippen molar-refractivity contribution in [2.75, 3.05) is 5.75 Å². The number of aliphatic imine (C=N–C) groups is 1. The minimum atomic E-state index is -3.81. The van der Waals surface area contributed by atoms with Crippen LogP contribution in [0.5, 0.6) is 0 Å². The fraction of sp³-hybridized carbons (Fsp3) is 0.533. The Labute approximate surface area is 147 Å². The highest BCUT2D eigenvalue weighted by Gasteiger charge is 2.42. The van der Waals surface area contributed by atoms with E-state index in [4.69, 9.17) is 9.88 Å². The molecule has 3 N–H and O–H groups in total. The van der Waals surface area contributed by atoms with Crippen LogP contribution in [-0.4, -0.2) is 40.0 Å². The van der Waals surface area contributed by atoms with Gasteiger partial charge in [-0.25, -0.2) is 31.7 Å². The second-order valence-corrected chi connectivity index (χ2v) is 9.88. The van der Waals surface area contributed by atoms with Gasteiger partial charge in [-0.2, -0.15) is 0 Å². The number of primary sulfonamides is 1. The van der Waals surface area contributed by atoms with Crippen molar-refractivity contribution in [3.05, 3.63) is 35.9 Å². The monoisotopic (exact) mass is 387 g/mol. The van der Waals surface area contributed by atoms with E-state index in [1.165, 1.54) is 0 Å². The molecule has 1 aliphatic carbocycles. The Balaban J connectivity index is 1.92. The fourth-order valence-electron chi connectivity index (χ4n) is 3.22. The SMILES string of the molecule is NS(=O)(=O)CC(N=C1NS(=O)(=O)[C@@H]2CCCC[C@@H]2O1)c1ccccc1. The van der Waals surface area contributed by atoms with Gasteiger partial charge >= 0.3 is 0 Å². The van der Waals surface area contributed by atoms with Crippen molar-refractivity contribution >= 4 is 26.1 Å². The van der Waals surface area contributed by atoms with Crippen LogP contribution in [0.2, 0.25) is 0 Å². The Morgan fingerprint density at radius 3 is 2.60 bits per heavy atom. The third kappa shape index (κ3) is 4.50. The number of hydrogen-bond donors (Lipinski definition) is 2. The normalized spacial score (nSPS) is 28.4. The Morgan fingerprint density at radius 2 is 1.92 bits per heavy atom. The van der Waals surface area contributed by atoms with Crippen LogP contribution >= 0.6 is 0 Å². The molecule has 0 aromatic heterocycles. The molecule has 2 fully saturated rings. The lowest BCUT2D eigenvalue weighted by Gasteiger charge is -2.36. The van der Waals surface area contributed by atoms with Crippen molar-refractivity contribution in [3.63, 3.8) is 0 Å². The zero-order valence-corrected chi connectivity index (χ0v) is 15.2. The molecule has 0 radical (unpaired) electrons. The third-order valence-corrected chi connectivity index (χ3v) is 6.96. The zero-order chi connectivity index (χ0) is 18.1. The smallest absolute Gasteiger partial charge is 0.299 e. The third-order valence-electron chi connectivity index (χ3n) is 4.38. The highest BCUT2D eigenvalue weighted by Crippen LogP contribution is 2.30. The summed E-state index contributed by atoms with van der Waals surface area (Å²) >= 11 is 0. The van der Waals surface area contributed by atoms with Crippen molar-refractivity contribution in [1.29, 1.82) is 0 Å². The summed E-state index contributed by atoms with van der Waals surface area (Å²) in [5.41, 5.74) is 0.609. The van der Waals surface area contributed by atoms with E-state index < -0.39 is 43.2 Å². The molecule has 3 atom stereocenters. The van der Waals surface area contributed by atoms with E-state index in [9.17, 15) is 16.8 Å². The molecule has 1 unspecified atom stereocenters. The van der Waals surface area contributed by atoms with Crippen LogP contribution in [0.25, 0.3) is 0 Å². The predicted octanol–water partition coefficient (Wildman–Crippen LogP) is 0.633. The topological polar surface area (TPSA) is 128 Å². The molecule has 10 heteroatoms. The number of rotatable bonds is 4. The van der Waals surface area contributed by atoms with E-state index in [2.05, 4.69) is 9.71 Å². The van der Waals surface area contributed by atoms with Gasteiger partial charge in [0.05, 0.1) is 11.8 Å². The number of nitrogens with zero attached hydrogens (tertiary/aromatic N) is 1. The molecule has 2 aliphatic rings. The molecule has 1 aliphatic heterocycles. The lowest BCUT2D eigenvalue weighted by atomic mass is 9.97. The Kier molecular flexibility index (Phi) is 5.03. The number of nitrogens with one attached hydrogen (secondary N) is 1. The quantitative estimate of drug-likeness (QED) is 0.783. The van der Waals surface area contributed by atoms with Crippen LogP contribution in [0.4, 0.5) is 0 Å². The van der Waals surface area contributed by atoms with E-state index in [0.29, 0.717) is 18.4 Å². The maximum Gasteiger partial charge on any atom is 0.299 e. The van der Waals surface area contributed by atoms with Crippen LogP contribution in [0.3, 0.4) is 0 Å². The number of amidine groups is 1. The number of fused-ring (bicyclic) bond motifs is 1. The van der Waals surface area contributed by atoms with Gasteiger partial charge in [-0.1, -0.05) is 36.8 Å². The van der Waals surface area contributed by atoms with Gasteiger partial charge in [0.2, 0.25) is 20.0 Å². The average Bonchev–Trinajstić information content (AvgIpc) is 2.53. The van der Waals surface area contributed by atoms with Crippen LogP contribution in [0.1, 0.15) is 37.3 Å². The van der Waals surface area contributed by atoms with Crippen molar-refractivity contribution in [2.45, 2.75) is 43.1 Å². The number of sulfonamides is 2. The summed E-state index contributed by atoms with van der Waals surface area (Å²) < 4.78 is 56.0. The number of nitrogens with two attached hydrogens (primary N) is 1. The number of benzene rings is 1. The van der Waals surface area contributed by atoms with Crippen molar-refractivity contribution in [3.8, 4) is 0 Å². The molecule has 8 nitrogen and oxygen atoms in total. The van der Waals surface area contributed by atoms with Gasteiger partial charge in [0, 0.05) is 0 Å². The second-order valence-electron chi connectivity index (χ2n) is 6.32. The summed E-state index contributed by atoms with van der Waals surface area (Å²) in [4.78, 5) is 4.22. The van der Waals surface area contributed by atoms with Gasteiger partial charge in [0.25, 0.3) is 6.02 Å². The fourth-order valence-corrected chi connectivity index (χ4v) is 5.49. The zero-order valence-electron chi connectivity index (χ0n) is 13.5. The van der Waals surface area contributed by atoms with E-state index in [-0.39, 0.29) is 6.02 Å². The summed E-state index contributed by atoms with van der Waals surface area (Å²) in [6.07, 6.45) is 2.46. The van der Waals surface area contributed by atoms with E-state index in [1.54, 1.807) is 30.3 Å². The number of hydrogen-bond acceptors (Lipinski definition) is 6. The largest absolute Gasteiger partial charge is 0.460 e. The molecule has 3 rings (SSSR count). The van der Waals surface area contributed by atoms with Crippen LogP contribution in [0.15, 0.2) is 35.3 Å². The summed E-state index contributed by atoms with van der Waals surface area (Å²) in [5.74, 6) is -0.445. The molecule has 0 amide bonds. The van der Waals surface area contributed by atoms with Crippen molar-refractivity contribution < 1.29 is 21.6 Å². The standard InChI is InChI=1S/C15H21N3O5S2/c16-24(19,20)10-12(11-6-2-1-3-7-11)17-15-18-25(21,22)14-9-5-4-8-13(14)23-15/h1-3,6-7,12-14H,4-5,8-10H2,(H,17,18)(H2,16,19,20)/t12?,13-,14+/m0/s1. The predicted molar refractivity (Wildman–Crippen MR) is 93.8 cm³/mol. The Morgan fingerprint density at radius 1 is 1.24 bits per heavy atom. The van der Waals surface area contributed by atoms with Crippen molar-refractivity contribution in [1.82, 2.24) is 4.72 Å². The molecule has 25 heavy (non-hydrogen) atoms. The average molecular weight is 387 g/mol. The van der Waals surface area contributed by atoms with Gasteiger partial charge in [0.1, 0.15) is 11.4 Å². The lowest BCUT2D eigenvalue weighted by Crippen LogP contribution is -2.54. The first-order valence-electron chi connectivity index (χ1n) is 8.06. The molecule has 1 aromatic rings. The summed E-state index contributed by atoms with van der Waals surface area (Å²) in [7, 11) is -7.41. The van der Waals surface area contributed by atoms with Crippen molar-refractivity contribution in [2.24, 2.45) is 10.1 Å². The van der Waals surface area contributed by atoms with Crippen LogP contribution in [-0.2, 0) is 24.8 Å².